The fourth-order valence-electron chi connectivity index (χ4n) is 2.21. The third kappa shape index (κ3) is 2.15. The van der Waals surface area contributed by atoms with E-state index in [0.717, 1.165) is 16.5 Å². The molecule has 0 saturated carbocycles. The van der Waals surface area contributed by atoms with Crippen molar-refractivity contribution in [3.63, 3.8) is 0 Å². The van der Waals surface area contributed by atoms with E-state index in [1.807, 2.05) is 25.1 Å². The van der Waals surface area contributed by atoms with E-state index in [2.05, 4.69) is 4.98 Å². The summed E-state index contributed by atoms with van der Waals surface area (Å²) in [6.45, 7) is 2.01. The highest BCUT2D eigenvalue weighted by Gasteiger charge is 2.14. The first-order valence-corrected chi connectivity index (χ1v) is 6.41. The van der Waals surface area contributed by atoms with Crippen LogP contribution in [-0.4, -0.2) is 10.8 Å². The number of H-pyrrole nitrogens is 1. The Morgan fingerprint density at radius 3 is 2.79 bits per heavy atom. The molecule has 3 aromatic rings. The Balaban J connectivity index is 2.14. The molecule has 0 radical (unpaired) electrons. The number of aromatic nitrogens is 1. The highest BCUT2D eigenvalue weighted by molar-refractivity contribution is 6.31. The van der Waals surface area contributed by atoms with Crippen molar-refractivity contribution in [1.29, 1.82) is 0 Å². The summed E-state index contributed by atoms with van der Waals surface area (Å²) in [7, 11) is 0. The quantitative estimate of drug-likeness (QED) is 0.689. The molecule has 0 bridgehead atoms. The van der Waals surface area contributed by atoms with E-state index in [4.69, 9.17) is 11.6 Å². The molecule has 0 unspecified atom stereocenters. The molecule has 1 N–H and O–H groups in total. The predicted molar refractivity (Wildman–Crippen MR) is 77.9 cm³/mol. The number of aromatic amines is 1. The molecule has 0 amide bonds. The predicted octanol–water partition coefficient (Wildman–Crippen LogP) is 4.36. The number of benzene rings is 2. The maximum Gasteiger partial charge on any atom is 0.195 e. The van der Waals surface area contributed by atoms with Gasteiger partial charge in [-0.05, 0) is 31.2 Å². The molecule has 0 aliphatic heterocycles. The lowest BCUT2D eigenvalue weighted by molar-refractivity contribution is 0.104. The summed E-state index contributed by atoms with van der Waals surface area (Å²) in [5.41, 5.74) is 3.39. The topological polar surface area (TPSA) is 32.9 Å². The van der Waals surface area contributed by atoms with Gasteiger partial charge in [-0.25, -0.2) is 0 Å². The number of halogens is 1. The van der Waals surface area contributed by atoms with Gasteiger partial charge in [-0.15, -0.1) is 0 Å². The zero-order valence-corrected chi connectivity index (χ0v) is 11.2. The summed E-state index contributed by atoms with van der Waals surface area (Å²) >= 11 is 5.93. The van der Waals surface area contributed by atoms with Gasteiger partial charge < -0.3 is 4.98 Å². The summed E-state index contributed by atoms with van der Waals surface area (Å²) in [6, 6.07) is 13.0. The van der Waals surface area contributed by atoms with Crippen molar-refractivity contribution in [2.24, 2.45) is 0 Å². The minimum atomic E-state index is -0.0145. The van der Waals surface area contributed by atoms with Gasteiger partial charge in [0.05, 0.1) is 0 Å². The van der Waals surface area contributed by atoms with Crippen LogP contribution in [0, 0.1) is 6.92 Å². The Morgan fingerprint density at radius 2 is 2.00 bits per heavy atom. The van der Waals surface area contributed by atoms with Crippen LogP contribution in [0.2, 0.25) is 5.02 Å². The molecular weight excluding hydrogens is 258 g/mol. The number of nitrogens with one attached hydrogen (secondary N) is 1. The third-order valence-corrected chi connectivity index (χ3v) is 3.40. The van der Waals surface area contributed by atoms with E-state index in [-0.39, 0.29) is 5.78 Å². The largest absolute Gasteiger partial charge is 0.360 e. The lowest BCUT2D eigenvalue weighted by Crippen LogP contribution is -2.00. The molecule has 19 heavy (non-hydrogen) atoms. The van der Waals surface area contributed by atoms with Crippen LogP contribution in [0.5, 0.6) is 0 Å². The molecule has 1 heterocycles. The number of hydrogen-bond acceptors (Lipinski definition) is 1. The lowest BCUT2D eigenvalue weighted by Gasteiger charge is -2.01. The van der Waals surface area contributed by atoms with Crippen molar-refractivity contribution < 1.29 is 4.79 Å². The molecular formula is C16H12ClNO. The Labute approximate surface area is 116 Å². The van der Waals surface area contributed by atoms with Crippen molar-refractivity contribution in [2.45, 2.75) is 6.92 Å². The Kier molecular flexibility index (Phi) is 2.88. The van der Waals surface area contributed by atoms with Gasteiger partial charge in [0, 0.05) is 33.2 Å². The molecule has 0 fully saturated rings. The first-order valence-electron chi connectivity index (χ1n) is 6.03. The average Bonchev–Trinajstić information content (AvgIpc) is 2.80. The maximum absolute atomic E-state index is 12.5. The first kappa shape index (κ1) is 12.0. The summed E-state index contributed by atoms with van der Waals surface area (Å²) in [5, 5.41) is 1.52. The van der Waals surface area contributed by atoms with Crippen molar-refractivity contribution in [1.82, 2.24) is 4.98 Å². The van der Waals surface area contributed by atoms with Crippen molar-refractivity contribution in [3.8, 4) is 0 Å². The van der Waals surface area contributed by atoms with Crippen molar-refractivity contribution >= 4 is 28.3 Å². The first-order chi connectivity index (χ1) is 9.15. The Morgan fingerprint density at radius 1 is 1.16 bits per heavy atom. The van der Waals surface area contributed by atoms with E-state index in [0.29, 0.717) is 16.1 Å². The monoisotopic (exact) mass is 269 g/mol. The maximum atomic E-state index is 12.5. The number of ketones is 1. The average molecular weight is 270 g/mol. The van der Waals surface area contributed by atoms with Crippen LogP contribution >= 0.6 is 11.6 Å². The summed E-state index contributed by atoms with van der Waals surface area (Å²) < 4.78 is 0. The van der Waals surface area contributed by atoms with Crippen LogP contribution in [0.25, 0.3) is 10.9 Å². The Bertz CT molecular complexity index is 773. The molecule has 0 aliphatic carbocycles. The molecule has 0 saturated heterocycles. The van der Waals surface area contributed by atoms with E-state index in [9.17, 15) is 4.79 Å². The van der Waals surface area contributed by atoms with E-state index in [1.165, 1.54) is 0 Å². The van der Waals surface area contributed by atoms with Crippen LogP contribution in [-0.2, 0) is 0 Å². The zero-order chi connectivity index (χ0) is 13.4. The van der Waals surface area contributed by atoms with Crippen LogP contribution in [0.3, 0.4) is 0 Å². The summed E-state index contributed by atoms with van der Waals surface area (Å²) in [5.74, 6) is -0.0145. The highest BCUT2D eigenvalue weighted by atomic mass is 35.5. The molecule has 3 heteroatoms. The van der Waals surface area contributed by atoms with E-state index < -0.39 is 0 Å². The van der Waals surface area contributed by atoms with Gasteiger partial charge in [-0.3, -0.25) is 4.79 Å². The standard InChI is InChI=1S/C16H12ClNO/c1-10-5-6-15-13(7-10)14(9-18-15)16(19)11-3-2-4-12(17)8-11/h2-9,18H,1H3. The molecule has 2 nitrogen and oxygen atoms in total. The molecule has 0 aliphatic rings. The lowest BCUT2D eigenvalue weighted by atomic mass is 10.0. The highest BCUT2D eigenvalue weighted by Crippen LogP contribution is 2.23. The third-order valence-electron chi connectivity index (χ3n) is 3.17. The number of rotatable bonds is 2. The second-order valence-corrected chi connectivity index (χ2v) is 5.03. The van der Waals surface area contributed by atoms with Crippen LogP contribution in [0.4, 0.5) is 0 Å². The van der Waals surface area contributed by atoms with Gasteiger partial charge in [0.15, 0.2) is 5.78 Å². The van der Waals surface area contributed by atoms with Crippen molar-refractivity contribution in [2.75, 3.05) is 0 Å². The molecule has 1 aromatic heterocycles. The smallest absolute Gasteiger partial charge is 0.195 e. The normalized spacial score (nSPS) is 10.8. The fourth-order valence-corrected chi connectivity index (χ4v) is 2.40. The number of carbonyl (C=O) groups excluding carboxylic acids is 1. The summed E-state index contributed by atoms with van der Waals surface area (Å²) in [4.78, 5) is 15.6. The SMILES string of the molecule is Cc1ccc2[nH]cc(C(=O)c3cccc(Cl)c3)c2c1. The second kappa shape index (κ2) is 4.56. The molecule has 0 spiro atoms. The second-order valence-electron chi connectivity index (χ2n) is 4.59. The van der Waals surface area contributed by atoms with E-state index in [1.54, 1.807) is 30.5 Å². The van der Waals surface area contributed by atoms with Gasteiger partial charge in [-0.1, -0.05) is 35.4 Å². The number of aryl methyl sites for hydroxylation is 1. The van der Waals surface area contributed by atoms with Gasteiger partial charge >= 0.3 is 0 Å². The van der Waals surface area contributed by atoms with Crippen molar-refractivity contribution in [3.05, 3.63) is 70.4 Å². The van der Waals surface area contributed by atoms with Crippen LogP contribution < -0.4 is 0 Å². The molecule has 94 valence electrons. The van der Waals surface area contributed by atoms with Gasteiger partial charge in [-0.2, -0.15) is 0 Å². The van der Waals surface area contributed by atoms with Gasteiger partial charge in [0.1, 0.15) is 0 Å². The van der Waals surface area contributed by atoms with Crippen LogP contribution in [0.15, 0.2) is 48.7 Å². The molecule has 2 aromatic carbocycles. The van der Waals surface area contributed by atoms with Gasteiger partial charge in [0.2, 0.25) is 0 Å². The fraction of sp³-hybridized carbons (Fsp3) is 0.0625. The number of carbonyl (C=O) groups is 1. The molecule has 0 atom stereocenters. The number of hydrogen-bond donors (Lipinski definition) is 1. The zero-order valence-electron chi connectivity index (χ0n) is 10.4. The summed E-state index contributed by atoms with van der Waals surface area (Å²) in [6.07, 6.45) is 1.76. The van der Waals surface area contributed by atoms with Gasteiger partial charge in [0.25, 0.3) is 0 Å². The number of fused-ring (bicyclic) bond motifs is 1. The minimum Gasteiger partial charge on any atom is -0.360 e. The minimum absolute atomic E-state index is 0.0145. The molecule has 3 rings (SSSR count). The Hall–Kier alpha value is -2.06. The van der Waals surface area contributed by atoms with Crippen LogP contribution in [0.1, 0.15) is 21.5 Å². The van der Waals surface area contributed by atoms with E-state index >= 15 is 0 Å².